The Balaban J connectivity index is 2.19. The Hall–Kier alpha value is -0.940. The van der Waals surface area contributed by atoms with Crippen LogP contribution in [0.15, 0.2) is 5.38 Å². The monoisotopic (exact) mass is 255 g/mol. The molecule has 96 valence electrons. The predicted molar refractivity (Wildman–Crippen MR) is 71.1 cm³/mol. The summed E-state index contributed by atoms with van der Waals surface area (Å²) in [7, 11) is 0. The summed E-state index contributed by atoms with van der Waals surface area (Å²) < 4.78 is 0. The van der Waals surface area contributed by atoms with E-state index >= 15 is 0 Å². The van der Waals surface area contributed by atoms with Crippen molar-refractivity contribution in [1.82, 2.24) is 10.3 Å². The fourth-order valence-corrected chi connectivity index (χ4v) is 2.27. The summed E-state index contributed by atoms with van der Waals surface area (Å²) in [6, 6.07) is -0.368. The number of carbonyl (C=O) groups excluding carboxylic acids is 1. The standard InChI is InChI=1S/C12H21N3OS/c1-3-4-5-10(13)12(16)14-7-6-11-15-9(2)8-17-11/h8,10H,3-7,13H2,1-2H3,(H,14,16)/t10-/m0/s1. The van der Waals surface area contributed by atoms with Crippen LogP contribution in [0.25, 0.3) is 0 Å². The number of amides is 1. The summed E-state index contributed by atoms with van der Waals surface area (Å²) in [6.07, 6.45) is 3.61. The zero-order valence-corrected chi connectivity index (χ0v) is 11.3. The van der Waals surface area contributed by atoms with Crippen molar-refractivity contribution in [1.29, 1.82) is 0 Å². The molecule has 0 aliphatic rings. The average Bonchev–Trinajstić information content (AvgIpc) is 2.71. The van der Waals surface area contributed by atoms with E-state index in [4.69, 9.17) is 5.73 Å². The van der Waals surface area contributed by atoms with Gasteiger partial charge >= 0.3 is 0 Å². The fourth-order valence-electron chi connectivity index (χ4n) is 1.50. The molecule has 17 heavy (non-hydrogen) atoms. The second-order valence-electron chi connectivity index (χ2n) is 4.17. The first-order chi connectivity index (χ1) is 8.13. The molecule has 0 saturated heterocycles. The molecule has 4 nitrogen and oxygen atoms in total. The van der Waals surface area contributed by atoms with Gasteiger partial charge in [-0.1, -0.05) is 19.8 Å². The van der Waals surface area contributed by atoms with Crippen LogP contribution in [0, 0.1) is 6.92 Å². The number of nitrogens with zero attached hydrogens (tertiary/aromatic N) is 1. The first kappa shape index (κ1) is 14.1. The number of nitrogens with one attached hydrogen (secondary N) is 1. The zero-order valence-electron chi connectivity index (χ0n) is 10.5. The fraction of sp³-hybridized carbons (Fsp3) is 0.667. The molecule has 0 aliphatic heterocycles. The van der Waals surface area contributed by atoms with Gasteiger partial charge < -0.3 is 11.1 Å². The Morgan fingerprint density at radius 3 is 3.00 bits per heavy atom. The van der Waals surface area contributed by atoms with E-state index in [-0.39, 0.29) is 11.9 Å². The van der Waals surface area contributed by atoms with Crippen LogP contribution in [0.1, 0.15) is 36.9 Å². The van der Waals surface area contributed by atoms with Crippen molar-refractivity contribution in [2.75, 3.05) is 6.54 Å². The molecule has 0 fully saturated rings. The van der Waals surface area contributed by atoms with E-state index in [1.165, 1.54) is 0 Å². The first-order valence-corrected chi connectivity index (χ1v) is 6.95. The summed E-state index contributed by atoms with van der Waals surface area (Å²) in [6.45, 7) is 4.68. The van der Waals surface area contributed by atoms with E-state index in [1.54, 1.807) is 11.3 Å². The van der Waals surface area contributed by atoms with Gasteiger partial charge in [-0.25, -0.2) is 4.98 Å². The van der Waals surface area contributed by atoms with Crippen molar-refractivity contribution in [2.24, 2.45) is 5.73 Å². The van der Waals surface area contributed by atoms with Gasteiger partial charge in [-0.3, -0.25) is 4.79 Å². The molecule has 0 aromatic carbocycles. The van der Waals surface area contributed by atoms with E-state index in [9.17, 15) is 4.79 Å². The highest BCUT2D eigenvalue weighted by Crippen LogP contribution is 2.08. The molecule has 0 saturated carbocycles. The minimum atomic E-state index is -0.368. The molecule has 1 rings (SSSR count). The Kier molecular flexibility index (Phi) is 6.15. The number of aryl methyl sites for hydroxylation is 1. The molecule has 1 amide bonds. The van der Waals surface area contributed by atoms with Gasteiger partial charge in [0.05, 0.1) is 11.0 Å². The number of rotatable bonds is 7. The first-order valence-electron chi connectivity index (χ1n) is 6.07. The minimum absolute atomic E-state index is 0.0493. The van der Waals surface area contributed by atoms with Crippen molar-refractivity contribution >= 4 is 17.2 Å². The van der Waals surface area contributed by atoms with E-state index < -0.39 is 0 Å². The van der Waals surface area contributed by atoms with E-state index in [1.807, 2.05) is 12.3 Å². The lowest BCUT2D eigenvalue weighted by Crippen LogP contribution is -2.41. The van der Waals surface area contributed by atoms with Crippen LogP contribution in [-0.2, 0) is 11.2 Å². The number of nitrogens with two attached hydrogens (primary N) is 1. The molecule has 1 heterocycles. The van der Waals surface area contributed by atoms with Gasteiger partial charge in [0.1, 0.15) is 0 Å². The molecule has 1 aromatic rings. The number of aromatic nitrogens is 1. The van der Waals surface area contributed by atoms with Crippen molar-refractivity contribution in [2.45, 2.75) is 45.6 Å². The highest BCUT2D eigenvalue weighted by molar-refractivity contribution is 7.09. The normalized spacial score (nSPS) is 12.4. The molecular formula is C12H21N3OS. The summed E-state index contributed by atoms with van der Waals surface area (Å²) in [5.41, 5.74) is 6.80. The molecule has 5 heteroatoms. The number of thiazole rings is 1. The van der Waals surface area contributed by atoms with Crippen LogP contribution in [0.5, 0.6) is 0 Å². The maximum absolute atomic E-state index is 11.6. The summed E-state index contributed by atoms with van der Waals surface area (Å²) in [5.74, 6) is -0.0493. The molecular weight excluding hydrogens is 234 g/mol. The maximum Gasteiger partial charge on any atom is 0.236 e. The van der Waals surface area contributed by atoms with Crippen LogP contribution in [-0.4, -0.2) is 23.5 Å². The molecule has 0 bridgehead atoms. The minimum Gasteiger partial charge on any atom is -0.354 e. The van der Waals surface area contributed by atoms with Gasteiger partial charge in [-0.15, -0.1) is 11.3 Å². The van der Waals surface area contributed by atoms with Gasteiger partial charge in [-0.2, -0.15) is 0 Å². The van der Waals surface area contributed by atoms with Crippen LogP contribution in [0.2, 0.25) is 0 Å². The highest BCUT2D eigenvalue weighted by atomic mass is 32.1. The van der Waals surface area contributed by atoms with Crippen molar-refractivity contribution in [3.8, 4) is 0 Å². The Labute approximate surface area is 107 Å². The summed E-state index contributed by atoms with van der Waals surface area (Å²) in [4.78, 5) is 15.9. The smallest absolute Gasteiger partial charge is 0.236 e. The van der Waals surface area contributed by atoms with Gasteiger partial charge in [0.25, 0.3) is 0 Å². The van der Waals surface area contributed by atoms with Gasteiger partial charge in [-0.05, 0) is 13.3 Å². The van der Waals surface area contributed by atoms with Crippen LogP contribution in [0.3, 0.4) is 0 Å². The predicted octanol–water partition coefficient (Wildman–Crippen LogP) is 1.63. The van der Waals surface area contributed by atoms with Crippen LogP contribution in [0.4, 0.5) is 0 Å². The SMILES string of the molecule is CCCC[C@H](N)C(=O)NCCc1nc(C)cs1. The lowest BCUT2D eigenvalue weighted by molar-refractivity contribution is -0.122. The molecule has 0 unspecified atom stereocenters. The number of hydrogen-bond donors (Lipinski definition) is 2. The van der Waals surface area contributed by atoms with Gasteiger partial charge in [0.2, 0.25) is 5.91 Å². The molecule has 0 spiro atoms. The second kappa shape index (κ2) is 7.40. The molecule has 0 aliphatic carbocycles. The molecule has 1 aromatic heterocycles. The van der Waals surface area contributed by atoms with E-state index in [2.05, 4.69) is 17.2 Å². The van der Waals surface area contributed by atoms with E-state index in [0.29, 0.717) is 6.54 Å². The van der Waals surface area contributed by atoms with Crippen LogP contribution >= 0.6 is 11.3 Å². The van der Waals surface area contributed by atoms with Gasteiger partial charge in [0.15, 0.2) is 0 Å². The number of unbranched alkanes of at least 4 members (excludes halogenated alkanes) is 1. The molecule has 0 radical (unpaired) electrons. The Morgan fingerprint density at radius 1 is 1.65 bits per heavy atom. The third-order valence-corrected chi connectivity index (χ3v) is 3.54. The Morgan fingerprint density at radius 2 is 2.41 bits per heavy atom. The lowest BCUT2D eigenvalue weighted by atomic mass is 10.1. The largest absolute Gasteiger partial charge is 0.354 e. The zero-order chi connectivity index (χ0) is 12.7. The average molecular weight is 255 g/mol. The topological polar surface area (TPSA) is 68.0 Å². The third kappa shape index (κ3) is 5.28. The quantitative estimate of drug-likeness (QED) is 0.778. The Bertz CT molecular complexity index is 351. The maximum atomic E-state index is 11.6. The number of carbonyl (C=O) groups is 1. The summed E-state index contributed by atoms with van der Waals surface area (Å²) in [5, 5.41) is 5.93. The summed E-state index contributed by atoms with van der Waals surface area (Å²) >= 11 is 1.63. The highest BCUT2D eigenvalue weighted by Gasteiger charge is 2.11. The lowest BCUT2D eigenvalue weighted by Gasteiger charge is -2.10. The van der Waals surface area contributed by atoms with Crippen molar-refractivity contribution < 1.29 is 4.79 Å². The molecule has 3 N–H and O–H groups in total. The number of hydrogen-bond acceptors (Lipinski definition) is 4. The van der Waals surface area contributed by atoms with E-state index in [0.717, 1.165) is 36.4 Å². The second-order valence-corrected chi connectivity index (χ2v) is 5.12. The third-order valence-electron chi connectivity index (χ3n) is 2.51. The molecule has 1 atom stereocenters. The van der Waals surface area contributed by atoms with Crippen molar-refractivity contribution in [3.05, 3.63) is 16.1 Å². The van der Waals surface area contributed by atoms with Crippen molar-refractivity contribution in [3.63, 3.8) is 0 Å². The van der Waals surface area contributed by atoms with Gasteiger partial charge in [0, 0.05) is 24.0 Å². The van der Waals surface area contributed by atoms with Crippen LogP contribution < -0.4 is 11.1 Å².